The van der Waals surface area contributed by atoms with E-state index in [1.807, 2.05) is 18.3 Å². The summed E-state index contributed by atoms with van der Waals surface area (Å²) in [5, 5.41) is 10.7. The first-order valence-corrected chi connectivity index (χ1v) is 7.35. The zero-order valence-corrected chi connectivity index (χ0v) is 12.1. The monoisotopic (exact) mass is 267 g/mol. The fraction of sp³-hybridized carbons (Fsp3) is 0.389. The summed E-state index contributed by atoms with van der Waals surface area (Å²) < 4.78 is 0. The first-order chi connectivity index (χ1) is 9.65. The molecule has 3 rings (SSSR count). The maximum atomic E-state index is 10.7. The van der Waals surface area contributed by atoms with Crippen LogP contribution in [0.15, 0.2) is 36.5 Å². The van der Waals surface area contributed by atoms with E-state index < -0.39 is 6.10 Å². The van der Waals surface area contributed by atoms with Crippen LogP contribution in [0.1, 0.15) is 52.8 Å². The van der Waals surface area contributed by atoms with Gasteiger partial charge in [0.05, 0.1) is 6.10 Å². The second kappa shape index (κ2) is 5.37. The molecule has 2 nitrogen and oxygen atoms in total. The lowest BCUT2D eigenvalue weighted by Gasteiger charge is -2.29. The van der Waals surface area contributed by atoms with Gasteiger partial charge in [-0.1, -0.05) is 35.9 Å². The Morgan fingerprint density at radius 3 is 2.65 bits per heavy atom. The Labute approximate surface area is 120 Å². The maximum absolute atomic E-state index is 10.7. The van der Waals surface area contributed by atoms with E-state index in [4.69, 9.17) is 0 Å². The number of fused-ring (bicyclic) bond motifs is 1. The summed E-state index contributed by atoms with van der Waals surface area (Å²) >= 11 is 0. The summed E-state index contributed by atoms with van der Waals surface area (Å²) in [5.74, 6) is 0.127. The number of aliphatic hydroxyl groups is 1. The Morgan fingerprint density at radius 1 is 1.15 bits per heavy atom. The van der Waals surface area contributed by atoms with Crippen molar-refractivity contribution in [3.05, 3.63) is 64.5 Å². The van der Waals surface area contributed by atoms with Crippen LogP contribution in [0, 0.1) is 13.8 Å². The molecule has 1 aromatic heterocycles. The molecule has 0 amide bonds. The second-order valence-corrected chi connectivity index (χ2v) is 5.91. The number of benzene rings is 1. The standard InChI is InChI=1S/C18H21NO/c1-12-6-8-14(9-7-12)18(20)16-5-3-4-15-10-13(2)11-19-17(15)16/h6-11,16,18,20H,3-5H2,1-2H3/t16?,18-/m1/s1. The number of nitrogens with zero attached hydrogens (tertiary/aromatic N) is 1. The molecule has 2 heteroatoms. The summed E-state index contributed by atoms with van der Waals surface area (Å²) in [7, 11) is 0. The van der Waals surface area contributed by atoms with Gasteiger partial charge >= 0.3 is 0 Å². The summed E-state index contributed by atoms with van der Waals surface area (Å²) in [6, 6.07) is 10.4. The molecule has 1 N–H and O–H groups in total. The number of hydrogen-bond acceptors (Lipinski definition) is 2. The molecule has 2 aromatic rings. The third-order valence-electron chi connectivity index (χ3n) is 4.25. The van der Waals surface area contributed by atoms with E-state index in [0.29, 0.717) is 0 Å². The predicted octanol–water partition coefficient (Wildman–Crippen LogP) is 3.85. The summed E-state index contributed by atoms with van der Waals surface area (Å²) in [5.41, 5.74) is 5.83. The van der Waals surface area contributed by atoms with Gasteiger partial charge in [0, 0.05) is 17.8 Å². The third kappa shape index (κ3) is 2.48. The minimum absolute atomic E-state index is 0.127. The van der Waals surface area contributed by atoms with Crippen LogP contribution in [0.5, 0.6) is 0 Å². The summed E-state index contributed by atoms with van der Waals surface area (Å²) in [4.78, 5) is 4.60. The van der Waals surface area contributed by atoms with Crippen molar-refractivity contribution < 1.29 is 5.11 Å². The lowest BCUT2D eigenvalue weighted by atomic mass is 9.80. The molecular weight excluding hydrogens is 246 g/mol. The van der Waals surface area contributed by atoms with Crippen LogP contribution in [-0.4, -0.2) is 10.1 Å². The van der Waals surface area contributed by atoms with Crippen LogP contribution < -0.4 is 0 Å². The van der Waals surface area contributed by atoms with Gasteiger partial charge in [0.1, 0.15) is 0 Å². The normalized spacial score (nSPS) is 19.4. The highest BCUT2D eigenvalue weighted by molar-refractivity contribution is 5.33. The molecule has 1 heterocycles. The van der Waals surface area contributed by atoms with Gasteiger partial charge in [-0.2, -0.15) is 0 Å². The fourth-order valence-corrected chi connectivity index (χ4v) is 3.13. The van der Waals surface area contributed by atoms with Gasteiger partial charge in [0.15, 0.2) is 0 Å². The van der Waals surface area contributed by atoms with Crippen LogP contribution >= 0.6 is 0 Å². The van der Waals surface area contributed by atoms with E-state index >= 15 is 0 Å². The van der Waals surface area contributed by atoms with Crippen molar-refractivity contribution in [2.45, 2.75) is 45.1 Å². The predicted molar refractivity (Wildman–Crippen MR) is 80.8 cm³/mol. The SMILES string of the molecule is Cc1ccc([C@@H](O)C2CCCc3cc(C)cnc32)cc1. The maximum Gasteiger partial charge on any atom is 0.0873 e. The highest BCUT2D eigenvalue weighted by Crippen LogP contribution is 2.39. The molecule has 0 fully saturated rings. The highest BCUT2D eigenvalue weighted by atomic mass is 16.3. The number of rotatable bonds is 2. The first kappa shape index (κ1) is 13.3. The van der Waals surface area contributed by atoms with Crippen molar-refractivity contribution in [2.24, 2.45) is 0 Å². The van der Waals surface area contributed by atoms with Crippen LogP contribution in [0.2, 0.25) is 0 Å². The second-order valence-electron chi connectivity index (χ2n) is 5.91. The minimum atomic E-state index is -0.454. The fourth-order valence-electron chi connectivity index (χ4n) is 3.13. The van der Waals surface area contributed by atoms with Crippen molar-refractivity contribution >= 4 is 0 Å². The van der Waals surface area contributed by atoms with Crippen LogP contribution in [0.4, 0.5) is 0 Å². The third-order valence-corrected chi connectivity index (χ3v) is 4.25. The van der Waals surface area contributed by atoms with Crippen molar-refractivity contribution in [2.75, 3.05) is 0 Å². The van der Waals surface area contributed by atoms with Gasteiger partial charge in [-0.25, -0.2) is 0 Å². The molecule has 0 spiro atoms. The molecule has 1 aliphatic rings. The molecule has 0 bridgehead atoms. The van der Waals surface area contributed by atoms with E-state index in [0.717, 1.165) is 30.5 Å². The lowest BCUT2D eigenvalue weighted by molar-refractivity contribution is 0.134. The molecule has 104 valence electrons. The van der Waals surface area contributed by atoms with Gasteiger partial charge in [-0.15, -0.1) is 0 Å². The highest BCUT2D eigenvalue weighted by Gasteiger charge is 2.28. The van der Waals surface area contributed by atoms with Gasteiger partial charge < -0.3 is 5.11 Å². The Bertz CT molecular complexity index is 603. The van der Waals surface area contributed by atoms with E-state index in [-0.39, 0.29) is 5.92 Å². The lowest BCUT2D eigenvalue weighted by Crippen LogP contribution is -2.19. The van der Waals surface area contributed by atoms with E-state index in [2.05, 4.69) is 37.0 Å². The number of pyridine rings is 1. The van der Waals surface area contributed by atoms with Gasteiger partial charge in [-0.3, -0.25) is 4.98 Å². The Kier molecular flexibility index (Phi) is 3.58. The minimum Gasteiger partial charge on any atom is -0.388 e. The van der Waals surface area contributed by atoms with Crippen molar-refractivity contribution in [1.82, 2.24) is 4.98 Å². The van der Waals surface area contributed by atoms with E-state index in [1.54, 1.807) is 0 Å². The number of aliphatic hydroxyl groups excluding tert-OH is 1. The molecule has 0 saturated heterocycles. The van der Waals surface area contributed by atoms with Crippen molar-refractivity contribution in [3.8, 4) is 0 Å². The van der Waals surface area contributed by atoms with Gasteiger partial charge in [-0.05, 0) is 49.8 Å². The quantitative estimate of drug-likeness (QED) is 0.896. The molecule has 1 unspecified atom stereocenters. The number of hydrogen-bond donors (Lipinski definition) is 1. The topological polar surface area (TPSA) is 33.1 Å². The zero-order chi connectivity index (χ0) is 14.1. The average Bonchev–Trinajstić information content (AvgIpc) is 2.46. The van der Waals surface area contributed by atoms with Gasteiger partial charge in [0.25, 0.3) is 0 Å². The van der Waals surface area contributed by atoms with Crippen LogP contribution in [-0.2, 0) is 6.42 Å². The van der Waals surface area contributed by atoms with Gasteiger partial charge in [0.2, 0.25) is 0 Å². The Morgan fingerprint density at radius 2 is 1.90 bits per heavy atom. The smallest absolute Gasteiger partial charge is 0.0873 e. The largest absolute Gasteiger partial charge is 0.388 e. The molecule has 0 saturated carbocycles. The van der Waals surface area contributed by atoms with Crippen LogP contribution in [0.3, 0.4) is 0 Å². The molecule has 1 aromatic carbocycles. The summed E-state index contributed by atoms with van der Waals surface area (Å²) in [6.07, 6.45) is 4.69. The molecule has 1 aliphatic carbocycles. The van der Waals surface area contributed by atoms with Crippen molar-refractivity contribution in [1.29, 1.82) is 0 Å². The molecule has 0 radical (unpaired) electrons. The molecule has 2 atom stereocenters. The average molecular weight is 267 g/mol. The van der Waals surface area contributed by atoms with Crippen LogP contribution in [0.25, 0.3) is 0 Å². The Balaban J connectivity index is 1.93. The molecule has 20 heavy (non-hydrogen) atoms. The van der Waals surface area contributed by atoms with E-state index in [9.17, 15) is 5.11 Å². The Hall–Kier alpha value is -1.67. The molecule has 0 aliphatic heterocycles. The van der Waals surface area contributed by atoms with Crippen molar-refractivity contribution in [3.63, 3.8) is 0 Å². The summed E-state index contributed by atoms with van der Waals surface area (Å²) in [6.45, 7) is 4.14. The zero-order valence-electron chi connectivity index (χ0n) is 12.1. The number of aryl methyl sites for hydroxylation is 3. The first-order valence-electron chi connectivity index (χ1n) is 7.35. The number of aromatic nitrogens is 1. The van der Waals surface area contributed by atoms with E-state index in [1.165, 1.54) is 16.7 Å². The molecular formula is C18H21NO.